The lowest BCUT2D eigenvalue weighted by molar-refractivity contribution is -0.112. The Morgan fingerprint density at radius 3 is 2.63 bits per heavy atom. The lowest BCUT2D eigenvalue weighted by Crippen LogP contribution is -2.13. The number of furan rings is 1. The molecule has 5 heteroatoms. The van der Waals surface area contributed by atoms with Crippen molar-refractivity contribution in [2.75, 3.05) is 5.32 Å². The second-order valence-electron chi connectivity index (χ2n) is 3.65. The molecule has 1 N–H and O–H groups in total. The van der Waals surface area contributed by atoms with Crippen LogP contribution in [0.3, 0.4) is 0 Å². The highest BCUT2D eigenvalue weighted by molar-refractivity contribution is 9.10. The summed E-state index contributed by atoms with van der Waals surface area (Å²) in [5, 5.41) is 11.6. The van der Waals surface area contributed by atoms with E-state index in [1.54, 1.807) is 36.4 Å². The van der Waals surface area contributed by atoms with Crippen LogP contribution in [0.1, 0.15) is 5.76 Å². The molecule has 4 nitrogen and oxygen atoms in total. The Labute approximate surface area is 118 Å². The number of nitriles is 1. The van der Waals surface area contributed by atoms with E-state index < -0.39 is 5.91 Å². The molecule has 0 unspecified atom stereocenters. The van der Waals surface area contributed by atoms with Crippen molar-refractivity contribution in [2.45, 2.75) is 0 Å². The zero-order chi connectivity index (χ0) is 13.7. The quantitative estimate of drug-likeness (QED) is 0.695. The highest BCUT2D eigenvalue weighted by Crippen LogP contribution is 2.15. The summed E-state index contributed by atoms with van der Waals surface area (Å²) in [5.41, 5.74) is 0.603. The van der Waals surface area contributed by atoms with Gasteiger partial charge in [0, 0.05) is 16.2 Å². The number of halogens is 1. The van der Waals surface area contributed by atoms with Gasteiger partial charge in [0.25, 0.3) is 5.91 Å². The number of nitrogens with zero attached hydrogens (tertiary/aromatic N) is 1. The van der Waals surface area contributed by atoms with Crippen LogP contribution in [0, 0.1) is 11.3 Å². The molecule has 1 aromatic carbocycles. The van der Waals surface area contributed by atoms with Gasteiger partial charge in [-0.05, 0) is 36.4 Å². The first kappa shape index (κ1) is 13.1. The van der Waals surface area contributed by atoms with Crippen molar-refractivity contribution in [1.29, 1.82) is 5.26 Å². The van der Waals surface area contributed by atoms with E-state index in [0.29, 0.717) is 11.4 Å². The fourth-order valence-corrected chi connectivity index (χ4v) is 1.66. The minimum Gasteiger partial charge on any atom is -0.465 e. The molecule has 0 saturated carbocycles. The number of carbonyl (C=O) groups excluding carboxylic acids is 1. The van der Waals surface area contributed by atoms with Gasteiger partial charge in [0.15, 0.2) is 0 Å². The molecule has 1 heterocycles. The normalized spacial score (nSPS) is 10.8. The maximum absolute atomic E-state index is 11.9. The maximum Gasteiger partial charge on any atom is 0.266 e. The van der Waals surface area contributed by atoms with Crippen LogP contribution in [0.25, 0.3) is 6.08 Å². The molecule has 0 bridgehead atoms. The van der Waals surface area contributed by atoms with Crippen molar-refractivity contribution in [2.24, 2.45) is 0 Å². The summed E-state index contributed by atoms with van der Waals surface area (Å²) in [4.78, 5) is 11.9. The molecule has 2 aromatic rings. The van der Waals surface area contributed by atoms with Crippen LogP contribution in [0.15, 0.2) is 57.1 Å². The first-order valence-corrected chi connectivity index (χ1v) is 6.20. The number of amides is 1. The van der Waals surface area contributed by atoms with E-state index in [0.717, 1.165) is 4.47 Å². The Hall–Kier alpha value is -2.32. The zero-order valence-corrected chi connectivity index (χ0v) is 11.3. The van der Waals surface area contributed by atoms with Crippen molar-refractivity contribution >= 4 is 33.6 Å². The van der Waals surface area contributed by atoms with Gasteiger partial charge in [-0.1, -0.05) is 15.9 Å². The molecule has 94 valence electrons. The second kappa shape index (κ2) is 6.03. The van der Waals surface area contributed by atoms with Crippen molar-refractivity contribution < 1.29 is 9.21 Å². The van der Waals surface area contributed by atoms with Gasteiger partial charge in [0.1, 0.15) is 17.4 Å². The van der Waals surface area contributed by atoms with Gasteiger partial charge in [0.05, 0.1) is 6.26 Å². The maximum atomic E-state index is 11.9. The van der Waals surface area contributed by atoms with E-state index in [1.165, 1.54) is 12.3 Å². The zero-order valence-electron chi connectivity index (χ0n) is 9.76. The Morgan fingerprint density at radius 1 is 1.32 bits per heavy atom. The van der Waals surface area contributed by atoms with E-state index in [-0.39, 0.29) is 5.57 Å². The lowest BCUT2D eigenvalue weighted by Gasteiger charge is -2.03. The molecular formula is C14H9BrN2O2. The van der Waals surface area contributed by atoms with Crippen LogP contribution in [0.5, 0.6) is 0 Å². The molecule has 0 aliphatic heterocycles. The Balaban J connectivity index is 2.14. The van der Waals surface area contributed by atoms with E-state index >= 15 is 0 Å². The molecule has 1 amide bonds. The number of anilines is 1. The summed E-state index contributed by atoms with van der Waals surface area (Å²) < 4.78 is 5.98. The Bertz CT molecular complexity index is 637. The first-order valence-electron chi connectivity index (χ1n) is 5.41. The second-order valence-corrected chi connectivity index (χ2v) is 4.56. The summed E-state index contributed by atoms with van der Waals surface area (Å²) in [6.45, 7) is 0. The van der Waals surface area contributed by atoms with Crippen LogP contribution < -0.4 is 5.32 Å². The van der Waals surface area contributed by atoms with E-state index in [9.17, 15) is 4.79 Å². The summed E-state index contributed by atoms with van der Waals surface area (Å²) in [6.07, 6.45) is 2.88. The molecule has 0 aliphatic rings. The average molecular weight is 317 g/mol. The van der Waals surface area contributed by atoms with Gasteiger partial charge < -0.3 is 9.73 Å². The minimum atomic E-state index is -0.471. The monoisotopic (exact) mass is 316 g/mol. The fourth-order valence-electron chi connectivity index (χ4n) is 1.40. The van der Waals surface area contributed by atoms with Crippen LogP contribution >= 0.6 is 15.9 Å². The minimum absolute atomic E-state index is 0.0159. The van der Waals surface area contributed by atoms with Crippen molar-refractivity contribution in [1.82, 2.24) is 0 Å². The molecule has 2 rings (SSSR count). The lowest BCUT2D eigenvalue weighted by atomic mass is 10.2. The topological polar surface area (TPSA) is 66.0 Å². The highest BCUT2D eigenvalue weighted by Gasteiger charge is 2.10. The number of rotatable bonds is 3. The molecule has 1 aromatic heterocycles. The van der Waals surface area contributed by atoms with E-state index in [2.05, 4.69) is 21.2 Å². The SMILES string of the molecule is N#C/C(=C/c1ccco1)C(=O)Nc1ccc(Br)cc1. The van der Waals surface area contributed by atoms with Crippen LogP contribution in [0.4, 0.5) is 5.69 Å². The predicted molar refractivity (Wildman–Crippen MR) is 75.1 cm³/mol. The third-order valence-electron chi connectivity index (χ3n) is 2.30. The molecule has 0 spiro atoms. The van der Waals surface area contributed by atoms with Crippen molar-refractivity contribution in [3.05, 3.63) is 58.5 Å². The fraction of sp³-hybridized carbons (Fsp3) is 0. The molecule has 0 fully saturated rings. The van der Waals surface area contributed by atoms with Gasteiger partial charge in [-0.15, -0.1) is 0 Å². The number of hydrogen-bond acceptors (Lipinski definition) is 3. The number of nitrogens with one attached hydrogen (secondary N) is 1. The molecule has 19 heavy (non-hydrogen) atoms. The van der Waals surface area contributed by atoms with Gasteiger partial charge in [-0.25, -0.2) is 0 Å². The van der Waals surface area contributed by atoms with Gasteiger partial charge in [0.2, 0.25) is 0 Å². The Morgan fingerprint density at radius 2 is 2.05 bits per heavy atom. The molecule has 0 aliphatic carbocycles. The number of carbonyl (C=O) groups is 1. The average Bonchev–Trinajstić information content (AvgIpc) is 2.91. The van der Waals surface area contributed by atoms with Crippen molar-refractivity contribution in [3.63, 3.8) is 0 Å². The van der Waals surface area contributed by atoms with Crippen LogP contribution in [0.2, 0.25) is 0 Å². The van der Waals surface area contributed by atoms with E-state index in [1.807, 2.05) is 6.07 Å². The highest BCUT2D eigenvalue weighted by atomic mass is 79.9. The largest absolute Gasteiger partial charge is 0.465 e. The summed E-state index contributed by atoms with van der Waals surface area (Å²) >= 11 is 3.31. The van der Waals surface area contributed by atoms with Crippen molar-refractivity contribution in [3.8, 4) is 6.07 Å². The molecular weight excluding hydrogens is 308 g/mol. The molecule has 0 radical (unpaired) electrons. The third kappa shape index (κ3) is 3.57. The summed E-state index contributed by atoms with van der Waals surface area (Å²) in [5.74, 6) is -0.0104. The summed E-state index contributed by atoms with van der Waals surface area (Å²) in [7, 11) is 0. The molecule has 0 saturated heterocycles. The predicted octanol–water partition coefficient (Wildman–Crippen LogP) is 3.59. The summed E-state index contributed by atoms with van der Waals surface area (Å²) in [6, 6.07) is 12.3. The van der Waals surface area contributed by atoms with Gasteiger partial charge in [-0.3, -0.25) is 4.79 Å². The van der Waals surface area contributed by atoms with E-state index in [4.69, 9.17) is 9.68 Å². The Kier molecular flexibility index (Phi) is 4.16. The standard InChI is InChI=1S/C14H9BrN2O2/c15-11-3-5-12(6-4-11)17-14(18)10(9-16)8-13-2-1-7-19-13/h1-8H,(H,17,18)/b10-8-. The van der Waals surface area contributed by atoms with Crippen LogP contribution in [-0.2, 0) is 4.79 Å². The number of benzene rings is 1. The van der Waals surface area contributed by atoms with Crippen LogP contribution in [-0.4, -0.2) is 5.91 Å². The van der Waals surface area contributed by atoms with Gasteiger partial charge >= 0.3 is 0 Å². The smallest absolute Gasteiger partial charge is 0.266 e. The number of hydrogen-bond donors (Lipinski definition) is 1. The molecule has 0 atom stereocenters. The first-order chi connectivity index (χ1) is 9.19. The third-order valence-corrected chi connectivity index (χ3v) is 2.83. The van der Waals surface area contributed by atoms with Gasteiger partial charge in [-0.2, -0.15) is 5.26 Å².